The Morgan fingerprint density at radius 1 is 0.821 bits per heavy atom. The van der Waals surface area contributed by atoms with E-state index in [0.717, 1.165) is 5.25 Å². The first-order chi connectivity index (χ1) is 18.5. The fourth-order valence-electron chi connectivity index (χ4n) is 6.91. The molecule has 3 atom stereocenters. The first-order valence-corrected chi connectivity index (χ1v) is 17.9. The molecule has 1 aliphatic heterocycles. The highest BCUT2D eigenvalue weighted by Gasteiger charge is 2.68. The molecule has 3 saturated carbocycles. The summed E-state index contributed by atoms with van der Waals surface area (Å²) >= 11 is 2.15. The van der Waals surface area contributed by atoms with Crippen molar-refractivity contribution >= 4 is 43.5 Å². The molecule has 2 bridgehead atoms. The Kier molecular flexibility index (Phi) is 8.87. The average molecular weight is 605 g/mol. The van der Waals surface area contributed by atoms with Crippen LogP contribution in [-0.4, -0.2) is 40.9 Å². The molecular formula is C29H36F4O3S3. The van der Waals surface area contributed by atoms with Gasteiger partial charge in [-0.15, -0.1) is 11.8 Å². The second-order valence-corrected chi connectivity index (χ2v) is 16.5. The Labute approximate surface area is 236 Å². The molecule has 6 rings (SSSR count). The number of thioether (sulfide) groups is 1. The van der Waals surface area contributed by atoms with Crippen LogP contribution in [0.25, 0.3) is 10.8 Å². The van der Waals surface area contributed by atoms with Crippen molar-refractivity contribution in [3.63, 3.8) is 0 Å². The third-order valence-corrected chi connectivity index (χ3v) is 13.8. The molecule has 10 heteroatoms. The second-order valence-electron chi connectivity index (χ2n) is 11.5. The molecular weight excluding hydrogens is 569 g/mol. The second kappa shape index (κ2) is 11.7. The SMILES string of the molecule is O=S(=O)([O-])C(F)(F)C(F)(F)C1CC2CCC1C2.c1ccc2c([S+]3CCCC3)ccc(SC3CCCCC3)c2c1. The molecule has 2 aromatic carbocycles. The molecule has 1 saturated heterocycles. The van der Waals surface area contributed by atoms with Gasteiger partial charge in [0, 0.05) is 37.7 Å². The standard InChI is InChI=1S/C20H25S2.C9H12F4O3S/c1-2-8-16(9-3-1)21-19-12-13-20(22-14-6-7-15-22)18-11-5-4-10-17(18)19;10-8(11,9(12,13)17(14,15)16)7-4-5-1-2-6(7)3-5/h4-5,10-13,16H,1-3,6-9,14-15H2;5-7H,1-4H2,(H,14,15,16)/q+1;/p-1. The number of benzene rings is 2. The zero-order valence-electron chi connectivity index (χ0n) is 21.9. The quantitative estimate of drug-likeness (QED) is 0.189. The zero-order chi connectivity index (χ0) is 27.8. The van der Waals surface area contributed by atoms with Gasteiger partial charge >= 0.3 is 11.2 Å². The molecule has 0 spiro atoms. The molecule has 0 aromatic heterocycles. The van der Waals surface area contributed by atoms with Crippen LogP contribution in [0, 0.1) is 17.8 Å². The van der Waals surface area contributed by atoms with Gasteiger partial charge in [0.05, 0.1) is 0 Å². The highest BCUT2D eigenvalue weighted by Crippen LogP contribution is 2.58. The molecule has 0 N–H and O–H groups in total. The third-order valence-electron chi connectivity index (χ3n) is 8.94. The lowest BCUT2D eigenvalue weighted by molar-refractivity contribution is -0.202. The van der Waals surface area contributed by atoms with Crippen LogP contribution in [0.5, 0.6) is 0 Å². The minimum Gasteiger partial charge on any atom is -0.743 e. The number of rotatable bonds is 6. The van der Waals surface area contributed by atoms with Crippen molar-refractivity contribution in [2.75, 3.05) is 11.5 Å². The normalized spacial score (nSPS) is 26.6. The van der Waals surface area contributed by atoms with Crippen LogP contribution in [0.4, 0.5) is 17.6 Å². The van der Waals surface area contributed by atoms with E-state index in [2.05, 4.69) is 48.2 Å². The topological polar surface area (TPSA) is 57.2 Å². The van der Waals surface area contributed by atoms with Gasteiger partial charge < -0.3 is 4.55 Å². The summed E-state index contributed by atoms with van der Waals surface area (Å²) in [5.41, 5.74) is 0. The van der Waals surface area contributed by atoms with Crippen LogP contribution < -0.4 is 0 Å². The maximum atomic E-state index is 13.5. The summed E-state index contributed by atoms with van der Waals surface area (Å²) in [6.45, 7) is 0. The average Bonchev–Trinajstić information content (AvgIpc) is 3.69. The Morgan fingerprint density at radius 2 is 1.49 bits per heavy atom. The van der Waals surface area contributed by atoms with Gasteiger partial charge in [0.2, 0.25) is 0 Å². The monoisotopic (exact) mass is 604 g/mol. The lowest BCUT2D eigenvalue weighted by Gasteiger charge is -2.36. The van der Waals surface area contributed by atoms with Crippen LogP contribution in [0.1, 0.15) is 70.6 Å². The van der Waals surface area contributed by atoms with Crippen molar-refractivity contribution in [1.82, 2.24) is 0 Å². The maximum Gasteiger partial charge on any atom is 0.396 e. The smallest absolute Gasteiger partial charge is 0.396 e. The van der Waals surface area contributed by atoms with Crippen molar-refractivity contribution in [3.05, 3.63) is 36.4 Å². The summed E-state index contributed by atoms with van der Waals surface area (Å²) in [4.78, 5) is 3.16. The summed E-state index contributed by atoms with van der Waals surface area (Å²) in [6.07, 6.45) is 11.4. The van der Waals surface area contributed by atoms with Gasteiger partial charge in [-0.1, -0.05) is 43.9 Å². The lowest BCUT2D eigenvalue weighted by atomic mass is 9.84. The van der Waals surface area contributed by atoms with E-state index in [1.807, 2.05) is 0 Å². The number of halogens is 4. The minimum atomic E-state index is -6.35. The molecule has 3 nitrogen and oxygen atoms in total. The third kappa shape index (κ3) is 6.00. The number of fused-ring (bicyclic) bond motifs is 3. The van der Waals surface area contributed by atoms with Crippen molar-refractivity contribution in [1.29, 1.82) is 0 Å². The molecule has 39 heavy (non-hydrogen) atoms. The first-order valence-electron chi connectivity index (χ1n) is 14.1. The van der Waals surface area contributed by atoms with Crippen LogP contribution in [0.2, 0.25) is 0 Å². The summed E-state index contributed by atoms with van der Waals surface area (Å²) < 4.78 is 84.0. The molecule has 0 amide bonds. The van der Waals surface area contributed by atoms with Crippen LogP contribution in [0.15, 0.2) is 46.2 Å². The molecule has 216 valence electrons. The van der Waals surface area contributed by atoms with Crippen LogP contribution in [0.3, 0.4) is 0 Å². The Balaban J connectivity index is 0.000000164. The van der Waals surface area contributed by atoms with Gasteiger partial charge in [0.1, 0.15) is 11.5 Å². The summed E-state index contributed by atoms with van der Waals surface area (Å²) in [5.74, 6) is -4.27. The van der Waals surface area contributed by atoms with Crippen LogP contribution >= 0.6 is 11.8 Å². The number of hydrogen-bond acceptors (Lipinski definition) is 4. The van der Waals surface area contributed by atoms with E-state index in [-0.39, 0.29) is 12.3 Å². The summed E-state index contributed by atoms with van der Waals surface area (Å²) in [5, 5.41) is -1.63. The van der Waals surface area contributed by atoms with Crippen molar-refractivity contribution in [2.24, 2.45) is 17.8 Å². The summed E-state index contributed by atoms with van der Waals surface area (Å²) in [6, 6.07) is 14.0. The molecule has 2 aromatic rings. The van der Waals surface area contributed by atoms with E-state index in [1.165, 1.54) is 72.1 Å². The summed E-state index contributed by atoms with van der Waals surface area (Å²) in [7, 11) is -5.84. The van der Waals surface area contributed by atoms with Gasteiger partial charge in [0.25, 0.3) is 0 Å². The highest BCUT2D eigenvalue weighted by atomic mass is 32.2. The molecule has 1 heterocycles. The fourth-order valence-corrected chi connectivity index (χ4v) is 11.3. The van der Waals surface area contributed by atoms with E-state index in [0.29, 0.717) is 30.2 Å². The molecule has 0 radical (unpaired) electrons. The highest BCUT2D eigenvalue weighted by molar-refractivity contribution is 8.00. The molecule has 4 fully saturated rings. The van der Waals surface area contributed by atoms with E-state index in [9.17, 15) is 30.5 Å². The Bertz CT molecular complexity index is 1260. The van der Waals surface area contributed by atoms with Gasteiger partial charge in [-0.25, -0.2) is 8.42 Å². The van der Waals surface area contributed by atoms with Gasteiger partial charge in [-0.3, -0.25) is 0 Å². The minimum absolute atomic E-state index is 0.0407. The Morgan fingerprint density at radius 3 is 2.08 bits per heavy atom. The number of alkyl halides is 4. The van der Waals surface area contributed by atoms with Gasteiger partial charge in [-0.05, 0) is 75.0 Å². The van der Waals surface area contributed by atoms with E-state index < -0.39 is 33.1 Å². The van der Waals surface area contributed by atoms with Crippen LogP contribution in [-0.2, 0) is 21.0 Å². The molecule has 4 aliphatic rings. The lowest BCUT2D eigenvalue weighted by Crippen LogP contribution is -2.52. The fraction of sp³-hybridized carbons (Fsp3) is 0.655. The van der Waals surface area contributed by atoms with Crippen molar-refractivity contribution in [2.45, 2.75) is 96.8 Å². The maximum absolute atomic E-state index is 13.5. The van der Waals surface area contributed by atoms with Crippen molar-refractivity contribution < 1.29 is 30.5 Å². The van der Waals surface area contributed by atoms with E-state index in [1.54, 1.807) is 4.90 Å². The Hall–Kier alpha value is -0.970. The largest absolute Gasteiger partial charge is 0.743 e. The predicted octanol–water partition coefficient (Wildman–Crippen LogP) is 8.23. The predicted molar refractivity (Wildman–Crippen MR) is 150 cm³/mol. The van der Waals surface area contributed by atoms with E-state index in [4.69, 9.17) is 0 Å². The first kappa shape index (κ1) is 29.5. The van der Waals surface area contributed by atoms with E-state index >= 15 is 0 Å². The molecule has 3 aliphatic carbocycles. The van der Waals surface area contributed by atoms with Crippen molar-refractivity contribution in [3.8, 4) is 0 Å². The van der Waals surface area contributed by atoms with Gasteiger partial charge in [0.15, 0.2) is 15.0 Å². The zero-order valence-corrected chi connectivity index (χ0v) is 24.4. The number of hydrogen-bond donors (Lipinski definition) is 0. The van der Waals surface area contributed by atoms with Gasteiger partial charge in [-0.2, -0.15) is 17.6 Å². The molecule has 3 unspecified atom stereocenters.